The third-order valence-corrected chi connectivity index (χ3v) is 2.76. The number of hydrogen-bond acceptors (Lipinski definition) is 2. The molecule has 0 aromatic carbocycles. The topological polar surface area (TPSA) is 18.5 Å². The van der Waals surface area contributed by atoms with Gasteiger partial charge in [-0.1, -0.05) is 39.5 Å². The predicted molar refractivity (Wildman–Crippen MR) is 53.6 cm³/mol. The second-order valence-corrected chi connectivity index (χ2v) is 3.82. The predicted octanol–water partition coefficient (Wildman–Crippen LogP) is 2.97. The number of unbranched alkanes of at least 4 members (excludes halogenated alkanes) is 1. The lowest BCUT2D eigenvalue weighted by atomic mass is 9.96. The van der Waals surface area contributed by atoms with Gasteiger partial charge in [-0.25, -0.2) is 0 Å². The van der Waals surface area contributed by atoms with Gasteiger partial charge in [0.2, 0.25) is 0 Å². The van der Waals surface area contributed by atoms with E-state index < -0.39 is 0 Å². The normalized spacial score (nSPS) is 20.8. The van der Waals surface area contributed by atoms with Crippen molar-refractivity contribution in [3.8, 4) is 0 Å². The smallest absolute Gasteiger partial charge is 0.158 e. The molecule has 1 atom stereocenters. The van der Waals surface area contributed by atoms with Crippen LogP contribution in [0.2, 0.25) is 0 Å². The molecular formula is C11H22O2. The minimum Gasteiger partial charge on any atom is -0.350 e. The summed E-state index contributed by atoms with van der Waals surface area (Å²) >= 11 is 0. The Bertz CT molecular complexity index is 119. The minimum atomic E-state index is 0.0989. The SMILES string of the molecule is CCCCC(CC)CC1OCCO1. The molecule has 0 N–H and O–H groups in total. The first-order chi connectivity index (χ1) is 6.36. The van der Waals surface area contributed by atoms with Crippen LogP contribution in [0.1, 0.15) is 46.0 Å². The zero-order valence-electron chi connectivity index (χ0n) is 8.92. The highest BCUT2D eigenvalue weighted by Crippen LogP contribution is 2.22. The molecular weight excluding hydrogens is 164 g/mol. The standard InChI is InChI=1S/C11H22O2/c1-3-5-6-10(4-2)9-11-12-7-8-13-11/h10-11H,3-9H2,1-2H3. The van der Waals surface area contributed by atoms with E-state index in [9.17, 15) is 0 Å². The maximum Gasteiger partial charge on any atom is 0.158 e. The Balaban J connectivity index is 2.13. The molecule has 2 heteroatoms. The summed E-state index contributed by atoms with van der Waals surface area (Å²) in [5.41, 5.74) is 0. The van der Waals surface area contributed by atoms with Crippen molar-refractivity contribution in [3.63, 3.8) is 0 Å². The van der Waals surface area contributed by atoms with Gasteiger partial charge in [0.15, 0.2) is 6.29 Å². The van der Waals surface area contributed by atoms with Crippen LogP contribution in [0, 0.1) is 5.92 Å². The van der Waals surface area contributed by atoms with Crippen molar-refractivity contribution in [1.82, 2.24) is 0 Å². The van der Waals surface area contributed by atoms with Crippen LogP contribution in [0.4, 0.5) is 0 Å². The lowest BCUT2D eigenvalue weighted by molar-refractivity contribution is -0.0579. The Morgan fingerprint density at radius 3 is 2.46 bits per heavy atom. The Hall–Kier alpha value is -0.0800. The number of ether oxygens (including phenoxy) is 2. The first-order valence-corrected chi connectivity index (χ1v) is 5.60. The van der Waals surface area contributed by atoms with Crippen LogP contribution in [0.15, 0.2) is 0 Å². The van der Waals surface area contributed by atoms with Gasteiger partial charge in [0.25, 0.3) is 0 Å². The van der Waals surface area contributed by atoms with E-state index >= 15 is 0 Å². The maximum atomic E-state index is 5.44. The largest absolute Gasteiger partial charge is 0.350 e. The second-order valence-electron chi connectivity index (χ2n) is 3.82. The summed E-state index contributed by atoms with van der Waals surface area (Å²) in [6, 6.07) is 0. The van der Waals surface area contributed by atoms with Crippen molar-refractivity contribution in [3.05, 3.63) is 0 Å². The molecule has 1 aliphatic rings. The molecule has 0 aliphatic carbocycles. The molecule has 1 fully saturated rings. The van der Waals surface area contributed by atoms with E-state index in [0.717, 1.165) is 25.6 Å². The van der Waals surface area contributed by atoms with Gasteiger partial charge in [0, 0.05) is 6.42 Å². The van der Waals surface area contributed by atoms with E-state index in [1.165, 1.54) is 25.7 Å². The molecule has 1 saturated heterocycles. The van der Waals surface area contributed by atoms with Crippen LogP contribution in [0.3, 0.4) is 0 Å². The summed E-state index contributed by atoms with van der Waals surface area (Å²) in [6.45, 7) is 6.08. The molecule has 78 valence electrons. The van der Waals surface area contributed by atoms with Gasteiger partial charge < -0.3 is 9.47 Å². The van der Waals surface area contributed by atoms with Crippen molar-refractivity contribution in [2.75, 3.05) is 13.2 Å². The van der Waals surface area contributed by atoms with Crippen molar-refractivity contribution in [2.45, 2.75) is 52.2 Å². The summed E-state index contributed by atoms with van der Waals surface area (Å²) < 4.78 is 10.9. The highest BCUT2D eigenvalue weighted by Gasteiger charge is 2.19. The van der Waals surface area contributed by atoms with E-state index in [0.29, 0.717) is 0 Å². The highest BCUT2D eigenvalue weighted by atomic mass is 16.7. The van der Waals surface area contributed by atoms with Crippen molar-refractivity contribution < 1.29 is 9.47 Å². The van der Waals surface area contributed by atoms with Crippen LogP contribution in [-0.2, 0) is 9.47 Å². The molecule has 0 bridgehead atoms. The van der Waals surface area contributed by atoms with Gasteiger partial charge in [-0.3, -0.25) is 0 Å². The fourth-order valence-electron chi connectivity index (χ4n) is 1.80. The first kappa shape index (κ1) is 11.0. The van der Waals surface area contributed by atoms with Crippen LogP contribution in [-0.4, -0.2) is 19.5 Å². The fourth-order valence-corrected chi connectivity index (χ4v) is 1.80. The van der Waals surface area contributed by atoms with Gasteiger partial charge in [-0.15, -0.1) is 0 Å². The zero-order valence-corrected chi connectivity index (χ0v) is 8.92. The molecule has 1 rings (SSSR count). The van der Waals surface area contributed by atoms with E-state index in [1.54, 1.807) is 0 Å². The Kier molecular flexibility index (Phi) is 5.40. The maximum absolute atomic E-state index is 5.44. The molecule has 0 radical (unpaired) electrons. The van der Waals surface area contributed by atoms with Crippen LogP contribution >= 0.6 is 0 Å². The van der Waals surface area contributed by atoms with Crippen molar-refractivity contribution in [2.24, 2.45) is 5.92 Å². The number of rotatable bonds is 6. The fraction of sp³-hybridized carbons (Fsp3) is 1.00. The van der Waals surface area contributed by atoms with E-state index in [4.69, 9.17) is 9.47 Å². The van der Waals surface area contributed by atoms with Gasteiger partial charge in [0.05, 0.1) is 13.2 Å². The van der Waals surface area contributed by atoms with E-state index in [2.05, 4.69) is 13.8 Å². The van der Waals surface area contributed by atoms with Gasteiger partial charge in [0.1, 0.15) is 0 Å². The van der Waals surface area contributed by atoms with Crippen LogP contribution in [0.5, 0.6) is 0 Å². The summed E-state index contributed by atoms with van der Waals surface area (Å²) in [7, 11) is 0. The minimum absolute atomic E-state index is 0.0989. The zero-order chi connectivity index (χ0) is 9.52. The average Bonchev–Trinajstić information content (AvgIpc) is 2.64. The lowest BCUT2D eigenvalue weighted by Crippen LogP contribution is -2.14. The monoisotopic (exact) mass is 186 g/mol. The Labute approximate surface area is 81.6 Å². The first-order valence-electron chi connectivity index (χ1n) is 5.60. The quantitative estimate of drug-likeness (QED) is 0.635. The molecule has 0 spiro atoms. The average molecular weight is 186 g/mol. The Morgan fingerprint density at radius 2 is 1.92 bits per heavy atom. The molecule has 0 aromatic heterocycles. The summed E-state index contributed by atoms with van der Waals surface area (Å²) in [6.07, 6.45) is 6.41. The van der Waals surface area contributed by atoms with E-state index in [-0.39, 0.29) is 6.29 Å². The van der Waals surface area contributed by atoms with Gasteiger partial charge in [-0.05, 0) is 5.92 Å². The summed E-state index contributed by atoms with van der Waals surface area (Å²) in [5, 5.41) is 0. The van der Waals surface area contributed by atoms with Crippen LogP contribution in [0.25, 0.3) is 0 Å². The number of hydrogen-bond donors (Lipinski definition) is 0. The third-order valence-electron chi connectivity index (χ3n) is 2.76. The molecule has 1 unspecified atom stereocenters. The molecule has 0 saturated carbocycles. The Morgan fingerprint density at radius 1 is 1.23 bits per heavy atom. The van der Waals surface area contributed by atoms with Crippen molar-refractivity contribution in [1.29, 1.82) is 0 Å². The highest BCUT2D eigenvalue weighted by molar-refractivity contribution is 4.62. The third kappa shape index (κ3) is 4.10. The molecule has 1 aliphatic heterocycles. The lowest BCUT2D eigenvalue weighted by Gasteiger charge is -2.17. The van der Waals surface area contributed by atoms with Crippen LogP contribution < -0.4 is 0 Å². The summed E-state index contributed by atoms with van der Waals surface area (Å²) in [4.78, 5) is 0. The molecule has 0 amide bonds. The molecule has 1 heterocycles. The van der Waals surface area contributed by atoms with Gasteiger partial charge >= 0.3 is 0 Å². The summed E-state index contributed by atoms with van der Waals surface area (Å²) in [5.74, 6) is 0.794. The molecule has 2 nitrogen and oxygen atoms in total. The molecule has 0 aromatic rings. The van der Waals surface area contributed by atoms with Gasteiger partial charge in [-0.2, -0.15) is 0 Å². The van der Waals surface area contributed by atoms with E-state index in [1.807, 2.05) is 0 Å². The second kappa shape index (κ2) is 6.39. The van der Waals surface area contributed by atoms with Crippen molar-refractivity contribution >= 4 is 0 Å². The molecule has 13 heavy (non-hydrogen) atoms.